The minimum absolute atomic E-state index is 0.0689. The topological polar surface area (TPSA) is 69.4 Å². The van der Waals surface area contributed by atoms with Crippen molar-refractivity contribution in [3.63, 3.8) is 0 Å². The Morgan fingerprint density at radius 2 is 1.87 bits per heavy atom. The van der Waals surface area contributed by atoms with Crippen molar-refractivity contribution in [1.82, 2.24) is 0 Å². The normalized spacial score (nSPS) is 11.3. The summed E-state index contributed by atoms with van der Waals surface area (Å²) in [5, 5.41) is 5.47. The lowest BCUT2D eigenvalue weighted by Gasteiger charge is -2.05. The zero-order valence-electron chi connectivity index (χ0n) is 8.02. The largest absolute Gasteiger partial charge is 0.494 e. The molecule has 0 unspecified atom stereocenters. The van der Waals surface area contributed by atoms with Gasteiger partial charge in [-0.15, -0.1) is 0 Å². The Morgan fingerprint density at radius 1 is 1.27 bits per heavy atom. The fourth-order valence-electron chi connectivity index (χ4n) is 0.981. The first-order chi connectivity index (χ1) is 6.97. The van der Waals surface area contributed by atoms with E-state index in [2.05, 4.69) is 0 Å². The fraction of sp³-hybridized carbons (Fsp3) is 0.333. The lowest BCUT2D eigenvalue weighted by molar-refractivity contribution is 0.317. The highest BCUT2D eigenvalue weighted by atomic mass is 35.5. The molecule has 84 valence electrons. The molecule has 1 aromatic rings. The number of ether oxygens (including phenoxy) is 1. The Labute approximate surface area is 94.0 Å². The second kappa shape index (κ2) is 5.34. The summed E-state index contributed by atoms with van der Waals surface area (Å²) in [6.45, 7) is 0.318. The zero-order chi connectivity index (χ0) is 11.3. The molecule has 0 saturated carbocycles. The molecule has 0 amide bonds. The van der Waals surface area contributed by atoms with Crippen LogP contribution in [-0.2, 0) is 10.0 Å². The average molecular weight is 250 g/mol. The number of hydrogen-bond acceptors (Lipinski definition) is 3. The second-order valence-electron chi connectivity index (χ2n) is 3.02. The second-order valence-corrected chi connectivity index (χ2v) is 5.19. The van der Waals surface area contributed by atoms with Gasteiger partial charge in [0, 0.05) is 5.02 Å². The first-order valence-electron chi connectivity index (χ1n) is 4.36. The third kappa shape index (κ3) is 5.61. The Kier molecular flexibility index (Phi) is 4.38. The van der Waals surface area contributed by atoms with Crippen LogP contribution in [0, 0.1) is 0 Å². The molecule has 0 saturated heterocycles. The molecule has 4 nitrogen and oxygen atoms in total. The van der Waals surface area contributed by atoms with Gasteiger partial charge in [-0.3, -0.25) is 0 Å². The smallest absolute Gasteiger partial charge is 0.209 e. The molecule has 0 fully saturated rings. The third-order valence-electron chi connectivity index (χ3n) is 1.66. The third-order valence-corrected chi connectivity index (χ3v) is 2.77. The molecule has 0 spiro atoms. The minimum Gasteiger partial charge on any atom is -0.494 e. The quantitative estimate of drug-likeness (QED) is 0.802. The standard InChI is InChI=1S/C9H12ClNO3S/c10-8-2-4-9(5-3-8)14-6-1-7-15(11,12)13/h2-5H,1,6-7H2,(H2,11,12,13). The molecule has 0 heterocycles. The Hall–Kier alpha value is -0.780. The number of benzene rings is 1. The Morgan fingerprint density at radius 3 is 2.40 bits per heavy atom. The van der Waals surface area contributed by atoms with Crippen molar-refractivity contribution in [2.24, 2.45) is 5.14 Å². The summed E-state index contributed by atoms with van der Waals surface area (Å²) in [5.74, 6) is 0.592. The van der Waals surface area contributed by atoms with Crippen LogP contribution in [0.4, 0.5) is 0 Å². The molecule has 15 heavy (non-hydrogen) atoms. The summed E-state index contributed by atoms with van der Waals surface area (Å²) in [6.07, 6.45) is 0.376. The van der Waals surface area contributed by atoms with E-state index in [1.165, 1.54) is 0 Å². The van der Waals surface area contributed by atoms with Gasteiger partial charge in [-0.25, -0.2) is 13.6 Å². The predicted molar refractivity (Wildman–Crippen MR) is 59.5 cm³/mol. The van der Waals surface area contributed by atoms with Crippen LogP contribution in [0.2, 0.25) is 5.02 Å². The van der Waals surface area contributed by atoms with Crippen molar-refractivity contribution < 1.29 is 13.2 Å². The first-order valence-corrected chi connectivity index (χ1v) is 6.45. The van der Waals surface area contributed by atoms with Crippen LogP contribution in [0.15, 0.2) is 24.3 Å². The van der Waals surface area contributed by atoms with E-state index in [1.807, 2.05) is 0 Å². The van der Waals surface area contributed by atoms with Crippen molar-refractivity contribution in [2.45, 2.75) is 6.42 Å². The molecule has 0 aliphatic carbocycles. The van der Waals surface area contributed by atoms with Gasteiger partial charge in [0.25, 0.3) is 0 Å². The number of primary sulfonamides is 1. The summed E-state index contributed by atoms with van der Waals surface area (Å²) in [7, 11) is -3.39. The van der Waals surface area contributed by atoms with Crippen molar-refractivity contribution in [3.8, 4) is 5.75 Å². The molecule has 0 radical (unpaired) electrons. The summed E-state index contributed by atoms with van der Waals surface area (Å²) in [4.78, 5) is 0. The monoisotopic (exact) mass is 249 g/mol. The number of halogens is 1. The van der Waals surface area contributed by atoms with Gasteiger partial charge >= 0.3 is 0 Å². The number of nitrogens with two attached hydrogens (primary N) is 1. The molecule has 0 aliphatic heterocycles. The van der Waals surface area contributed by atoms with Crippen molar-refractivity contribution in [3.05, 3.63) is 29.3 Å². The van der Waals surface area contributed by atoms with Crippen molar-refractivity contribution >= 4 is 21.6 Å². The highest BCUT2D eigenvalue weighted by Gasteiger charge is 2.02. The number of hydrogen-bond donors (Lipinski definition) is 1. The van der Waals surface area contributed by atoms with Gasteiger partial charge in [-0.2, -0.15) is 0 Å². The van der Waals surface area contributed by atoms with Gasteiger partial charge in [-0.05, 0) is 30.7 Å². The van der Waals surface area contributed by atoms with E-state index in [9.17, 15) is 8.42 Å². The molecule has 2 N–H and O–H groups in total. The fourth-order valence-corrected chi connectivity index (χ4v) is 1.63. The maximum Gasteiger partial charge on any atom is 0.209 e. The van der Waals surface area contributed by atoms with Gasteiger partial charge in [0.1, 0.15) is 5.75 Å². The molecular formula is C9H12ClNO3S. The van der Waals surface area contributed by atoms with Crippen LogP contribution in [0.25, 0.3) is 0 Å². The molecule has 0 bridgehead atoms. The number of rotatable bonds is 5. The Bertz CT molecular complexity index is 402. The SMILES string of the molecule is NS(=O)(=O)CCCOc1ccc(Cl)cc1. The van der Waals surface area contributed by atoms with Crippen molar-refractivity contribution in [2.75, 3.05) is 12.4 Å². The van der Waals surface area contributed by atoms with E-state index in [1.54, 1.807) is 24.3 Å². The molecule has 6 heteroatoms. The van der Waals surface area contributed by atoms with E-state index in [4.69, 9.17) is 21.5 Å². The van der Waals surface area contributed by atoms with Gasteiger partial charge in [0.2, 0.25) is 10.0 Å². The van der Waals surface area contributed by atoms with Gasteiger partial charge < -0.3 is 4.74 Å². The summed E-state index contributed by atoms with van der Waals surface area (Å²) >= 11 is 5.68. The van der Waals surface area contributed by atoms with E-state index in [-0.39, 0.29) is 5.75 Å². The average Bonchev–Trinajstić information content (AvgIpc) is 2.14. The molecule has 0 aromatic heterocycles. The predicted octanol–water partition coefficient (Wildman–Crippen LogP) is 1.40. The Balaban J connectivity index is 2.29. The van der Waals surface area contributed by atoms with Crippen molar-refractivity contribution in [1.29, 1.82) is 0 Å². The highest BCUT2D eigenvalue weighted by molar-refractivity contribution is 7.89. The van der Waals surface area contributed by atoms with E-state index in [0.29, 0.717) is 23.8 Å². The lowest BCUT2D eigenvalue weighted by Crippen LogP contribution is -2.18. The van der Waals surface area contributed by atoms with Gasteiger partial charge in [0.15, 0.2) is 0 Å². The summed E-state index contributed by atoms with van der Waals surface area (Å²) in [6, 6.07) is 6.85. The van der Waals surface area contributed by atoms with Gasteiger partial charge in [-0.1, -0.05) is 11.6 Å². The lowest BCUT2D eigenvalue weighted by atomic mass is 10.3. The van der Waals surface area contributed by atoms with Crippen LogP contribution >= 0.6 is 11.6 Å². The van der Waals surface area contributed by atoms with E-state index >= 15 is 0 Å². The van der Waals surface area contributed by atoms with Crippen LogP contribution in [0.1, 0.15) is 6.42 Å². The highest BCUT2D eigenvalue weighted by Crippen LogP contribution is 2.15. The van der Waals surface area contributed by atoms with Crippen LogP contribution < -0.4 is 9.88 Å². The molecule has 0 atom stereocenters. The maximum atomic E-state index is 10.6. The molecule has 1 rings (SSSR count). The van der Waals surface area contributed by atoms with E-state index < -0.39 is 10.0 Å². The van der Waals surface area contributed by atoms with Crippen LogP contribution in [0.5, 0.6) is 5.75 Å². The summed E-state index contributed by atoms with van der Waals surface area (Å²) < 4.78 is 26.5. The minimum atomic E-state index is -3.39. The molecule has 1 aromatic carbocycles. The maximum absolute atomic E-state index is 10.6. The first kappa shape index (κ1) is 12.3. The van der Waals surface area contributed by atoms with E-state index in [0.717, 1.165) is 0 Å². The van der Waals surface area contributed by atoms with Gasteiger partial charge in [0.05, 0.1) is 12.4 Å². The zero-order valence-corrected chi connectivity index (χ0v) is 9.59. The van der Waals surface area contributed by atoms with Crippen LogP contribution in [-0.4, -0.2) is 20.8 Å². The molecular weight excluding hydrogens is 238 g/mol. The van der Waals surface area contributed by atoms with Crippen LogP contribution in [0.3, 0.4) is 0 Å². The summed E-state index contributed by atoms with van der Waals surface area (Å²) in [5.41, 5.74) is 0. The molecule has 0 aliphatic rings. The number of sulfonamides is 1.